The van der Waals surface area contributed by atoms with Crippen LogP contribution in [0.1, 0.15) is 35.9 Å². The fraction of sp³-hybridized carbons (Fsp3) is 0.308. The average Bonchev–Trinajstić information content (AvgIpc) is 3.13. The number of hydrogen-bond donors (Lipinski definition) is 0. The summed E-state index contributed by atoms with van der Waals surface area (Å²) in [5, 5.41) is 6.15. The van der Waals surface area contributed by atoms with E-state index < -0.39 is 0 Å². The first-order valence-corrected chi connectivity index (χ1v) is 12.1. The predicted octanol–water partition coefficient (Wildman–Crippen LogP) is 4.77. The van der Waals surface area contributed by atoms with Crippen molar-refractivity contribution in [3.05, 3.63) is 77.2 Å². The van der Waals surface area contributed by atoms with Gasteiger partial charge >= 0.3 is 0 Å². The third-order valence-corrected chi connectivity index (χ3v) is 6.32. The Bertz CT molecular complexity index is 1310. The number of para-hydroxylation sites is 1. The maximum Gasteiger partial charge on any atom is 0.253 e. The van der Waals surface area contributed by atoms with Crippen molar-refractivity contribution >= 4 is 34.4 Å². The minimum absolute atomic E-state index is 0.0146. The zero-order chi connectivity index (χ0) is 23.5. The summed E-state index contributed by atoms with van der Waals surface area (Å²) in [6.45, 7) is 4.95. The minimum atomic E-state index is 0.0146. The van der Waals surface area contributed by atoms with Gasteiger partial charge in [0.05, 0.1) is 17.3 Å². The zero-order valence-electron chi connectivity index (χ0n) is 19.2. The van der Waals surface area contributed by atoms with Crippen LogP contribution in [0.15, 0.2) is 60.8 Å². The van der Waals surface area contributed by atoms with Crippen molar-refractivity contribution in [1.29, 1.82) is 0 Å². The van der Waals surface area contributed by atoms with E-state index >= 15 is 0 Å². The molecule has 0 bridgehead atoms. The number of fused-ring (bicyclic) bond motifs is 1. The van der Waals surface area contributed by atoms with Gasteiger partial charge in [0.25, 0.3) is 5.91 Å². The van der Waals surface area contributed by atoms with E-state index in [1.807, 2.05) is 58.2 Å². The molecule has 2 aromatic heterocycles. The normalized spacial score (nSPS) is 14.4. The highest BCUT2D eigenvalue weighted by Crippen LogP contribution is 2.27. The van der Waals surface area contributed by atoms with E-state index in [2.05, 4.69) is 16.9 Å². The summed E-state index contributed by atoms with van der Waals surface area (Å²) in [5.41, 5.74) is 2.41. The smallest absolute Gasteiger partial charge is 0.253 e. The number of benzene rings is 2. The van der Waals surface area contributed by atoms with Crippen LogP contribution in [0.4, 0.5) is 5.82 Å². The number of carbonyl (C=O) groups is 1. The zero-order valence-corrected chi connectivity index (χ0v) is 19.9. The third-order valence-electron chi connectivity index (χ3n) is 6.08. The van der Waals surface area contributed by atoms with Gasteiger partial charge in [0.2, 0.25) is 0 Å². The van der Waals surface area contributed by atoms with Crippen molar-refractivity contribution in [3.63, 3.8) is 0 Å². The Labute approximate surface area is 204 Å². The summed E-state index contributed by atoms with van der Waals surface area (Å²) in [7, 11) is 0. The molecular weight excluding hydrogens is 448 g/mol. The van der Waals surface area contributed by atoms with Gasteiger partial charge in [-0.25, -0.2) is 14.6 Å². The van der Waals surface area contributed by atoms with Crippen molar-refractivity contribution in [2.24, 2.45) is 0 Å². The largest absolute Gasteiger partial charge is 0.354 e. The number of amides is 1. The first-order chi connectivity index (χ1) is 16.6. The van der Waals surface area contributed by atoms with E-state index in [1.165, 1.54) is 0 Å². The Kier molecular flexibility index (Phi) is 6.45. The predicted molar refractivity (Wildman–Crippen MR) is 135 cm³/mol. The Morgan fingerprint density at radius 2 is 1.85 bits per heavy atom. The first kappa shape index (κ1) is 22.3. The summed E-state index contributed by atoms with van der Waals surface area (Å²) in [6.07, 6.45) is 4.48. The first-order valence-electron chi connectivity index (χ1n) is 11.7. The van der Waals surface area contributed by atoms with Gasteiger partial charge in [-0.15, -0.1) is 0 Å². The van der Waals surface area contributed by atoms with Crippen LogP contribution >= 0.6 is 11.6 Å². The highest BCUT2D eigenvalue weighted by Gasteiger charge is 2.24. The van der Waals surface area contributed by atoms with Crippen LogP contribution in [0, 0.1) is 0 Å². The van der Waals surface area contributed by atoms with Crippen molar-refractivity contribution in [2.75, 3.05) is 31.1 Å². The van der Waals surface area contributed by atoms with E-state index in [1.54, 1.807) is 12.1 Å². The molecule has 1 aliphatic rings. The molecular formula is C26H27ClN6O. The molecule has 7 nitrogen and oxygen atoms in total. The molecule has 2 aromatic carbocycles. The quantitative estimate of drug-likeness (QED) is 0.416. The topological polar surface area (TPSA) is 67.2 Å². The molecule has 0 spiro atoms. The van der Waals surface area contributed by atoms with Gasteiger partial charge < -0.3 is 9.80 Å². The highest BCUT2D eigenvalue weighted by atomic mass is 35.5. The van der Waals surface area contributed by atoms with Crippen molar-refractivity contribution in [2.45, 2.75) is 26.2 Å². The second-order valence-electron chi connectivity index (χ2n) is 8.49. The number of hydrogen-bond acceptors (Lipinski definition) is 5. The Hall–Kier alpha value is -3.45. The van der Waals surface area contributed by atoms with Gasteiger partial charge in [-0.1, -0.05) is 42.8 Å². The van der Waals surface area contributed by atoms with Crippen LogP contribution in [0.3, 0.4) is 0 Å². The molecule has 0 atom stereocenters. The molecule has 174 valence electrons. The number of anilines is 1. The molecule has 0 N–H and O–H groups in total. The maximum atomic E-state index is 13.1. The van der Waals surface area contributed by atoms with Crippen LogP contribution in [0.2, 0.25) is 5.02 Å². The molecule has 1 aliphatic heterocycles. The number of carbonyl (C=O) groups excluding carboxylic acids is 1. The molecule has 0 unspecified atom stereocenters. The fourth-order valence-electron chi connectivity index (χ4n) is 4.41. The molecule has 1 saturated heterocycles. The number of rotatable bonds is 5. The van der Waals surface area contributed by atoms with E-state index in [0.29, 0.717) is 30.2 Å². The van der Waals surface area contributed by atoms with Crippen LogP contribution in [-0.4, -0.2) is 56.7 Å². The lowest BCUT2D eigenvalue weighted by Crippen LogP contribution is -2.35. The molecule has 0 radical (unpaired) electrons. The van der Waals surface area contributed by atoms with E-state index in [0.717, 1.165) is 54.2 Å². The summed E-state index contributed by atoms with van der Waals surface area (Å²) in [4.78, 5) is 27.0. The van der Waals surface area contributed by atoms with Crippen LogP contribution in [-0.2, 0) is 6.42 Å². The molecule has 0 saturated carbocycles. The lowest BCUT2D eigenvalue weighted by atomic mass is 10.2. The van der Waals surface area contributed by atoms with Crippen LogP contribution < -0.4 is 4.90 Å². The van der Waals surface area contributed by atoms with E-state index in [9.17, 15) is 4.79 Å². The van der Waals surface area contributed by atoms with Gasteiger partial charge in [0, 0.05) is 43.2 Å². The maximum absolute atomic E-state index is 13.1. The SMILES string of the molecule is CCCc1nc(N2CCCN(C(=O)c3cccc(Cl)c3)CC2)c2cnn(-c3ccccc3)c2n1. The van der Waals surface area contributed by atoms with Gasteiger partial charge in [0.15, 0.2) is 5.65 Å². The summed E-state index contributed by atoms with van der Waals surface area (Å²) >= 11 is 6.10. The van der Waals surface area contributed by atoms with Crippen LogP contribution in [0.25, 0.3) is 16.7 Å². The second-order valence-corrected chi connectivity index (χ2v) is 8.92. The van der Waals surface area contributed by atoms with Crippen molar-refractivity contribution in [1.82, 2.24) is 24.6 Å². The molecule has 1 fully saturated rings. The van der Waals surface area contributed by atoms with Gasteiger partial charge in [-0.2, -0.15) is 5.10 Å². The molecule has 5 rings (SSSR count). The Balaban J connectivity index is 1.45. The van der Waals surface area contributed by atoms with E-state index in [-0.39, 0.29) is 5.91 Å². The lowest BCUT2D eigenvalue weighted by Gasteiger charge is -2.24. The van der Waals surface area contributed by atoms with E-state index in [4.69, 9.17) is 21.6 Å². The molecule has 0 aliphatic carbocycles. The summed E-state index contributed by atoms with van der Waals surface area (Å²) < 4.78 is 1.88. The van der Waals surface area contributed by atoms with Gasteiger partial charge in [-0.05, 0) is 43.2 Å². The molecule has 8 heteroatoms. The number of halogens is 1. The minimum Gasteiger partial charge on any atom is -0.354 e. The molecule has 3 heterocycles. The summed E-state index contributed by atoms with van der Waals surface area (Å²) in [6, 6.07) is 17.2. The van der Waals surface area contributed by atoms with Gasteiger partial charge in [0.1, 0.15) is 11.6 Å². The lowest BCUT2D eigenvalue weighted by molar-refractivity contribution is 0.0767. The Morgan fingerprint density at radius 1 is 1.00 bits per heavy atom. The average molecular weight is 475 g/mol. The van der Waals surface area contributed by atoms with Crippen LogP contribution in [0.5, 0.6) is 0 Å². The third kappa shape index (κ3) is 4.48. The standard InChI is InChI=1S/C26H27ClN6O/c1-2-8-23-29-24(22-18-28-33(25(22)30-23)21-11-4-3-5-12-21)31-13-7-14-32(16-15-31)26(34)19-9-6-10-20(27)17-19/h3-6,9-12,17-18H,2,7-8,13-16H2,1H3. The molecule has 34 heavy (non-hydrogen) atoms. The number of aromatic nitrogens is 4. The number of aryl methyl sites for hydroxylation is 1. The molecule has 4 aromatic rings. The monoisotopic (exact) mass is 474 g/mol. The number of nitrogens with zero attached hydrogens (tertiary/aromatic N) is 6. The van der Waals surface area contributed by atoms with Gasteiger partial charge in [-0.3, -0.25) is 4.79 Å². The highest BCUT2D eigenvalue weighted by molar-refractivity contribution is 6.30. The summed E-state index contributed by atoms with van der Waals surface area (Å²) in [5.74, 6) is 1.73. The molecule has 1 amide bonds. The Morgan fingerprint density at radius 3 is 2.65 bits per heavy atom. The second kappa shape index (κ2) is 9.81. The fourth-order valence-corrected chi connectivity index (χ4v) is 4.60. The van der Waals surface area contributed by atoms with Crippen molar-refractivity contribution in [3.8, 4) is 5.69 Å². The van der Waals surface area contributed by atoms with Crippen molar-refractivity contribution < 1.29 is 4.79 Å².